The standard InChI is InChI=1S/C21H26O3/c1-3-5-9-15-24-19-14-10-13-18(16-19)20(21(22)23-4-2)17-11-7-6-8-12-17/h6-8,10-14,16,20H,3-5,9,15H2,1-2H3. The fourth-order valence-electron chi connectivity index (χ4n) is 2.66. The van der Waals surface area contributed by atoms with Gasteiger partial charge in [0.15, 0.2) is 0 Å². The molecule has 0 N–H and O–H groups in total. The number of unbranched alkanes of at least 4 members (excludes halogenated alkanes) is 2. The van der Waals surface area contributed by atoms with Crippen molar-refractivity contribution in [3.63, 3.8) is 0 Å². The lowest BCUT2D eigenvalue weighted by atomic mass is 9.91. The van der Waals surface area contributed by atoms with E-state index in [4.69, 9.17) is 9.47 Å². The van der Waals surface area contributed by atoms with Crippen molar-refractivity contribution in [3.8, 4) is 5.75 Å². The van der Waals surface area contributed by atoms with E-state index < -0.39 is 5.92 Å². The van der Waals surface area contributed by atoms with Crippen LogP contribution in [0.15, 0.2) is 54.6 Å². The lowest BCUT2D eigenvalue weighted by molar-refractivity contribution is -0.143. The maximum Gasteiger partial charge on any atom is 0.317 e. The van der Waals surface area contributed by atoms with Gasteiger partial charge in [0, 0.05) is 0 Å². The van der Waals surface area contributed by atoms with Gasteiger partial charge in [0.2, 0.25) is 0 Å². The van der Waals surface area contributed by atoms with Gasteiger partial charge < -0.3 is 9.47 Å². The molecule has 0 saturated carbocycles. The number of carbonyl (C=O) groups excluding carboxylic acids is 1. The van der Waals surface area contributed by atoms with Gasteiger partial charge in [-0.1, -0.05) is 62.2 Å². The monoisotopic (exact) mass is 326 g/mol. The molecule has 0 aliphatic rings. The van der Waals surface area contributed by atoms with E-state index in [2.05, 4.69) is 6.92 Å². The Morgan fingerprint density at radius 1 is 0.958 bits per heavy atom. The van der Waals surface area contributed by atoms with Crippen molar-refractivity contribution in [2.45, 2.75) is 39.0 Å². The zero-order chi connectivity index (χ0) is 17.2. The Balaban J connectivity index is 2.21. The highest BCUT2D eigenvalue weighted by molar-refractivity contribution is 5.82. The molecule has 2 aromatic rings. The zero-order valence-electron chi connectivity index (χ0n) is 14.5. The van der Waals surface area contributed by atoms with Crippen LogP contribution < -0.4 is 4.74 Å². The van der Waals surface area contributed by atoms with Gasteiger partial charge in [-0.15, -0.1) is 0 Å². The maximum atomic E-state index is 12.5. The van der Waals surface area contributed by atoms with Crippen LogP contribution in [0.1, 0.15) is 50.2 Å². The molecular weight excluding hydrogens is 300 g/mol. The Bertz CT molecular complexity index is 622. The summed E-state index contributed by atoms with van der Waals surface area (Å²) >= 11 is 0. The molecule has 0 aliphatic heterocycles. The Labute approximate surface area is 144 Å². The Kier molecular flexibility index (Phi) is 7.34. The smallest absolute Gasteiger partial charge is 0.317 e. The van der Waals surface area contributed by atoms with Gasteiger partial charge in [-0.05, 0) is 36.6 Å². The molecule has 0 aromatic heterocycles. The number of ether oxygens (including phenoxy) is 2. The highest BCUT2D eigenvalue weighted by atomic mass is 16.5. The molecule has 24 heavy (non-hydrogen) atoms. The topological polar surface area (TPSA) is 35.5 Å². The SMILES string of the molecule is CCCCCOc1cccc(C(C(=O)OCC)c2ccccc2)c1. The van der Waals surface area contributed by atoms with Crippen LogP contribution in [0.25, 0.3) is 0 Å². The molecule has 128 valence electrons. The molecule has 0 saturated heterocycles. The van der Waals surface area contributed by atoms with E-state index in [1.807, 2.05) is 61.5 Å². The summed E-state index contributed by atoms with van der Waals surface area (Å²) in [6.45, 7) is 5.07. The Morgan fingerprint density at radius 2 is 1.71 bits per heavy atom. The Hall–Kier alpha value is -2.29. The van der Waals surface area contributed by atoms with E-state index in [0.717, 1.165) is 29.7 Å². The predicted octanol–water partition coefficient (Wildman–Crippen LogP) is 4.95. The van der Waals surface area contributed by atoms with Crippen LogP contribution in [0.5, 0.6) is 5.75 Å². The van der Waals surface area contributed by atoms with E-state index in [9.17, 15) is 4.79 Å². The van der Waals surface area contributed by atoms with Crippen molar-refractivity contribution < 1.29 is 14.3 Å². The van der Waals surface area contributed by atoms with Gasteiger partial charge in [0.05, 0.1) is 13.2 Å². The van der Waals surface area contributed by atoms with Crippen molar-refractivity contribution in [2.75, 3.05) is 13.2 Å². The second-order valence-corrected chi connectivity index (χ2v) is 5.72. The first-order chi connectivity index (χ1) is 11.8. The molecule has 0 radical (unpaired) electrons. The van der Waals surface area contributed by atoms with Crippen LogP contribution >= 0.6 is 0 Å². The van der Waals surface area contributed by atoms with Crippen molar-refractivity contribution in [1.82, 2.24) is 0 Å². The summed E-state index contributed by atoms with van der Waals surface area (Å²) in [4.78, 5) is 12.5. The molecule has 0 spiro atoms. The first-order valence-electron chi connectivity index (χ1n) is 8.70. The molecule has 2 aromatic carbocycles. The van der Waals surface area contributed by atoms with Gasteiger partial charge in [0.1, 0.15) is 11.7 Å². The second kappa shape index (κ2) is 9.76. The van der Waals surface area contributed by atoms with Gasteiger partial charge in [-0.25, -0.2) is 0 Å². The third-order valence-electron chi connectivity index (χ3n) is 3.86. The minimum atomic E-state index is -0.426. The van der Waals surface area contributed by atoms with Gasteiger partial charge in [-0.2, -0.15) is 0 Å². The van der Waals surface area contributed by atoms with Crippen LogP contribution in [0.2, 0.25) is 0 Å². The molecule has 0 fully saturated rings. The molecule has 0 aliphatic carbocycles. The van der Waals surface area contributed by atoms with Crippen molar-refractivity contribution >= 4 is 5.97 Å². The fourth-order valence-corrected chi connectivity index (χ4v) is 2.66. The van der Waals surface area contributed by atoms with Crippen LogP contribution in [-0.2, 0) is 9.53 Å². The van der Waals surface area contributed by atoms with E-state index >= 15 is 0 Å². The van der Waals surface area contributed by atoms with E-state index in [1.165, 1.54) is 6.42 Å². The molecule has 3 heteroatoms. The number of carbonyl (C=O) groups is 1. The average molecular weight is 326 g/mol. The van der Waals surface area contributed by atoms with Crippen molar-refractivity contribution in [2.24, 2.45) is 0 Å². The summed E-state index contributed by atoms with van der Waals surface area (Å²) in [6.07, 6.45) is 3.37. The number of benzene rings is 2. The third kappa shape index (κ3) is 5.12. The summed E-state index contributed by atoms with van der Waals surface area (Å²) in [5.74, 6) is 0.144. The molecule has 0 amide bonds. The Morgan fingerprint density at radius 3 is 2.42 bits per heavy atom. The normalized spacial score (nSPS) is 11.8. The number of esters is 1. The van der Waals surface area contributed by atoms with Crippen LogP contribution in [0, 0.1) is 0 Å². The molecule has 3 nitrogen and oxygen atoms in total. The van der Waals surface area contributed by atoms with E-state index in [-0.39, 0.29) is 5.97 Å². The molecule has 1 atom stereocenters. The molecule has 2 rings (SSSR count). The van der Waals surface area contributed by atoms with Crippen molar-refractivity contribution in [3.05, 3.63) is 65.7 Å². The average Bonchev–Trinajstić information content (AvgIpc) is 2.61. The quantitative estimate of drug-likeness (QED) is 0.483. The summed E-state index contributed by atoms with van der Waals surface area (Å²) < 4.78 is 11.1. The van der Waals surface area contributed by atoms with Gasteiger partial charge >= 0.3 is 5.97 Å². The predicted molar refractivity (Wildman–Crippen MR) is 96.4 cm³/mol. The summed E-state index contributed by atoms with van der Waals surface area (Å²) in [7, 11) is 0. The maximum absolute atomic E-state index is 12.5. The summed E-state index contributed by atoms with van der Waals surface area (Å²) in [5.41, 5.74) is 1.83. The molecular formula is C21H26O3. The zero-order valence-corrected chi connectivity index (χ0v) is 14.5. The van der Waals surface area contributed by atoms with Crippen LogP contribution in [0.3, 0.4) is 0 Å². The van der Waals surface area contributed by atoms with E-state index in [0.29, 0.717) is 13.2 Å². The van der Waals surface area contributed by atoms with Gasteiger partial charge in [-0.3, -0.25) is 4.79 Å². The van der Waals surface area contributed by atoms with Gasteiger partial charge in [0.25, 0.3) is 0 Å². The van der Waals surface area contributed by atoms with E-state index in [1.54, 1.807) is 0 Å². The van der Waals surface area contributed by atoms with Crippen LogP contribution in [-0.4, -0.2) is 19.2 Å². The summed E-state index contributed by atoms with van der Waals surface area (Å²) in [6, 6.07) is 17.5. The molecule has 0 bridgehead atoms. The fraction of sp³-hybridized carbons (Fsp3) is 0.381. The number of hydrogen-bond donors (Lipinski definition) is 0. The first-order valence-corrected chi connectivity index (χ1v) is 8.70. The number of hydrogen-bond acceptors (Lipinski definition) is 3. The molecule has 0 heterocycles. The minimum Gasteiger partial charge on any atom is -0.494 e. The van der Waals surface area contributed by atoms with Crippen LogP contribution in [0.4, 0.5) is 0 Å². The number of rotatable bonds is 9. The minimum absolute atomic E-state index is 0.230. The summed E-state index contributed by atoms with van der Waals surface area (Å²) in [5, 5.41) is 0. The highest BCUT2D eigenvalue weighted by Gasteiger charge is 2.24. The second-order valence-electron chi connectivity index (χ2n) is 5.72. The third-order valence-corrected chi connectivity index (χ3v) is 3.86. The highest BCUT2D eigenvalue weighted by Crippen LogP contribution is 2.28. The molecule has 1 unspecified atom stereocenters. The first kappa shape index (κ1) is 18.1. The lowest BCUT2D eigenvalue weighted by Gasteiger charge is -2.17. The lowest BCUT2D eigenvalue weighted by Crippen LogP contribution is -2.17. The van der Waals surface area contributed by atoms with Crippen molar-refractivity contribution in [1.29, 1.82) is 0 Å². The largest absolute Gasteiger partial charge is 0.494 e.